The Kier molecular flexibility index (Phi) is 4.17. The molecule has 0 saturated carbocycles. The molecule has 5 heteroatoms. The topological polar surface area (TPSA) is 57.4 Å². The molecule has 2 N–H and O–H groups in total. The minimum atomic E-state index is 0.624. The third-order valence-electron chi connectivity index (χ3n) is 2.59. The van der Waals surface area contributed by atoms with Gasteiger partial charge in [0.05, 0.1) is 24.9 Å². The largest absolute Gasteiger partial charge is 0.493 e. The van der Waals surface area contributed by atoms with E-state index in [0.29, 0.717) is 12.3 Å². The first-order chi connectivity index (χ1) is 8.78. The van der Waals surface area contributed by atoms with Crippen LogP contribution < -0.4 is 15.2 Å². The van der Waals surface area contributed by atoms with Crippen LogP contribution in [0.15, 0.2) is 23.6 Å². The van der Waals surface area contributed by atoms with Gasteiger partial charge in [0.2, 0.25) is 0 Å². The van der Waals surface area contributed by atoms with Gasteiger partial charge in [-0.1, -0.05) is 0 Å². The quantitative estimate of drug-likeness (QED) is 0.900. The number of hydrogen-bond donors (Lipinski definition) is 1. The van der Waals surface area contributed by atoms with Gasteiger partial charge in [0.25, 0.3) is 0 Å². The normalized spacial score (nSPS) is 10.4. The van der Waals surface area contributed by atoms with Crippen molar-refractivity contribution in [2.45, 2.75) is 6.42 Å². The van der Waals surface area contributed by atoms with E-state index in [1.165, 1.54) is 0 Å². The third kappa shape index (κ3) is 2.63. The molecule has 0 bridgehead atoms. The average molecular weight is 264 g/mol. The highest BCUT2D eigenvalue weighted by atomic mass is 32.1. The Balaban J connectivity index is 2.31. The first-order valence-corrected chi connectivity index (χ1v) is 6.53. The van der Waals surface area contributed by atoms with Crippen molar-refractivity contribution in [2.24, 2.45) is 5.73 Å². The van der Waals surface area contributed by atoms with Crippen molar-refractivity contribution in [3.63, 3.8) is 0 Å². The summed E-state index contributed by atoms with van der Waals surface area (Å²) >= 11 is 1.63. The van der Waals surface area contributed by atoms with Gasteiger partial charge in [-0.25, -0.2) is 4.98 Å². The van der Waals surface area contributed by atoms with E-state index in [4.69, 9.17) is 15.2 Å². The van der Waals surface area contributed by atoms with E-state index in [2.05, 4.69) is 4.98 Å². The number of methoxy groups -OCH3 is 2. The number of benzene rings is 1. The van der Waals surface area contributed by atoms with Crippen molar-refractivity contribution >= 4 is 11.3 Å². The van der Waals surface area contributed by atoms with E-state index in [9.17, 15) is 0 Å². The fourth-order valence-electron chi connectivity index (χ4n) is 1.68. The zero-order valence-electron chi connectivity index (χ0n) is 10.5. The Hall–Kier alpha value is -1.59. The van der Waals surface area contributed by atoms with Gasteiger partial charge < -0.3 is 15.2 Å². The minimum Gasteiger partial charge on any atom is -0.493 e. The number of thiazole rings is 1. The van der Waals surface area contributed by atoms with Crippen LogP contribution in [-0.2, 0) is 6.42 Å². The molecule has 0 fully saturated rings. The Labute approximate surface area is 110 Å². The van der Waals surface area contributed by atoms with E-state index in [-0.39, 0.29) is 0 Å². The lowest BCUT2D eigenvalue weighted by molar-refractivity contribution is 0.355. The summed E-state index contributed by atoms with van der Waals surface area (Å²) in [6.45, 7) is 0.624. The zero-order chi connectivity index (χ0) is 13.0. The molecular formula is C13H16N2O2S. The maximum Gasteiger partial charge on any atom is 0.161 e. The fraction of sp³-hybridized carbons (Fsp3) is 0.308. The van der Waals surface area contributed by atoms with Crippen LogP contribution in [0, 0.1) is 0 Å². The molecule has 0 radical (unpaired) electrons. The Bertz CT molecular complexity index is 525. The highest BCUT2D eigenvalue weighted by molar-refractivity contribution is 7.09. The summed E-state index contributed by atoms with van der Waals surface area (Å²) in [5.74, 6) is 1.43. The van der Waals surface area contributed by atoms with Crippen LogP contribution >= 0.6 is 11.3 Å². The summed E-state index contributed by atoms with van der Waals surface area (Å²) in [5.41, 5.74) is 7.49. The molecule has 96 valence electrons. The van der Waals surface area contributed by atoms with Crippen LogP contribution in [0.2, 0.25) is 0 Å². The Morgan fingerprint density at radius 1 is 1.22 bits per heavy atom. The smallest absolute Gasteiger partial charge is 0.161 e. The molecule has 1 aromatic heterocycles. The van der Waals surface area contributed by atoms with Gasteiger partial charge in [-0.05, 0) is 24.7 Å². The summed E-state index contributed by atoms with van der Waals surface area (Å²) in [5, 5.41) is 3.09. The molecule has 2 rings (SSSR count). The van der Waals surface area contributed by atoms with Crippen LogP contribution in [0.1, 0.15) is 5.01 Å². The number of nitrogens with zero attached hydrogens (tertiary/aromatic N) is 1. The molecule has 1 aromatic carbocycles. The SMILES string of the molecule is COc1ccc(-c2csc(CCN)n2)cc1OC. The summed E-state index contributed by atoms with van der Waals surface area (Å²) in [6, 6.07) is 5.79. The number of hydrogen-bond acceptors (Lipinski definition) is 5. The molecule has 0 atom stereocenters. The number of rotatable bonds is 5. The summed E-state index contributed by atoms with van der Waals surface area (Å²) < 4.78 is 10.5. The van der Waals surface area contributed by atoms with Gasteiger partial charge in [-0.3, -0.25) is 0 Å². The van der Waals surface area contributed by atoms with E-state index in [1.54, 1.807) is 25.6 Å². The Morgan fingerprint density at radius 2 is 2.00 bits per heavy atom. The molecule has 4 nitrogen and oxygen atoms in total. The molecule has 0 saturated heterocycles. The van der Waals surface area contributed by atoms with Crippen molar-refractivity contribution in [2.75, 3.05) is 20.8 Å². The lowest BCUT2D eigenvalue weighted by Crippen LogP contribution is -2.01. The first kappa shape index (κ1) is 12.9. The summed E-state index contributed by atoms with van der Waals surface area (Å²) in [7, 11) is 3.25. The van der Waals surface area contributed by atoms with E-state index < -0.39 is 0 Å². The maximum absolute atomic E-state index is 5.52. The van der Waals surface area contributed by atoms with Crippen molar-refractivity contribution in [1.29, 1.82) is 0 Å². The van der Waals surface area contributed by atoms with Crippen LogP contribution in [0.3, 0.4) is 0 Å². The van der Waals surface area contributed by atoms with Crippen molar-refractivity contribution < 1.29 is 9.47 Å². The summed E-state index contributed by atoms with van der Waals surface area (Å²) in [4.78, 5) is 4.54. The van der Waals surface area contributed by atoms with Crippen molar-refractivity contribution in [3.05, 3.63) is 28.6 Å². The molecule has 0 aliphatic heterocycles. The van der Waals surface area contributed by atoms with Crippen LogP contribution in [0.5, 0.6) is 11.5 Å². The number of aromatic nitrogens is 1. The third-order valence-corrected chi connectivity index (χ3v) is 3.50. The molecule has 0 aliphatic rings. The molecular weight excluding hydrogens is 248 g/mol. The lowest BCUT2D eigenvalue weighted by Gasteiger charge is -2.08. The van der Waals surface area contributed by atoms with Crippen LogP contribution in [0.4, 0.5) is 0 Å². The maximum atomic E-state index is 5.52. The van der Waals surface area contributed by atoms with Gasteiger partial charge in [0.15, 0.2) is 11.5 Å². The van der Waals surface area contributed by atoms with E-state index in [1.807, 2.05) is 23.6 Å². The monoisotopic (exact) mass is 264 g/mol. The molecule has 0 unspecified atom stereocenters. The second kappa shape index (κ2) is 5.84. The van der Waals surface area contributed by atoms with Gasteiger partial charge in [-0.15, -0.1) is 11.3 Å². The summed E-state index contributed by atoms with van der Waals surface area (Å²) in [6.07, 6.45) is 0.817. The highest BCUT2D eigenvalue weighted by Crippen LogP contribution is 2.32. The van der Waals surface area contributed by atoms with E-state index in [0.717, 1.165) is 28.4 Å². The average Bonchev–Trinajstić information content (AvgIpc) is 2.87. The highest BCUT2D eigenvalue weighted by Gasteiger charge is 2.08. The van der Waals surface area contributed by atoms with Crippen LogP contribution in [-0.4, -0.2) is 25.7 Å². The zero-order valence-corrected chi connectivity index (χ0v) is 11.3. The van der Waals surface area contributed by atoms with Gasteiger partial charge in [-0.2, -0.15) is 0 Å². The molecule has 0 aliphatic carbocycles. The predicted octanol–water partition coefficient (Wildman–Crippen LogP) is 2.33. The Morgan fingerprint density at radius 3 is 2.67 bits per heavy atom. The molecule has 18 heavy (non-hydrogen) atoms. The molecule has 2 aromatic rings. The van der Waals surface area contributed by atoms with E-state index >= 15 is 0 Å². The minimum absolute atomic E-state index is 0.624. The van der Waals surface area contributed by atoms with Gasteiger partial charge in [0, 0.05) is 17.4 Å². The fourth-order valence-corrected chi connectivity index (χ4v) is 2.50. The number of ether oxygens (including phenoxy) is 2. The van der Waals surface area contributed by atoms with Gasteiger partial charge >= 0.3 is 0 Å². The standard InChI is InChI=1S/C13H16N2O2S/c1-16-11-4-3-9(7-12(11)17-2)10-8-18-13(15-10)5-6-14/h3-4,7-8H,5-6,14H2,1-2H3. The van der Waals surface area contributed by atoms with Crippen LogP contribution in [0.25, 0.3) is 11.3 Å². The van der Waals surface area contributed by atoms with Gasteiger partial charge in [0.1, 0.15) is 0 Å². The molecule has 1 heterocycles. The second-order valence-electron chi connectivity index (χ2n) is 3.73. The molecule has 0 amide bonds. The van der Waals surface area contributed by atoms with Crippen molar-refractivity contribution in [3.8, 4) is 22.8 Å². The van der Waals surface area contributed by atoms with Crippen molar-refractivity contribution in [1.82, 2.24) is 4.98 Å². The first-order valence-electron chi connectivity index (χ1n) is 5.65. The second-order valence-corrected chi connectivity index (χ2v) is 4.68. The lowest BCUT2D eigenvalue weighted by atomic mass is 10.1. The number of nitrogens with two attached hydrogens (primary N) is 1. The predicted molar refractivity (Wildman–Crippen MR) is 73.4 cm³/mol. The molecule has 0 spiro atoms.